The van der Waals surface area contributed by atoms with Crippen molar-refractivity contribution in [2.24, 2.45) is 0 Å². The van der Waals surface area contributed by atoms with Crippen LogP contribution in [0.15, 0.2) is 18.2 Å². The molecule has 1 aliphatic rings. The zero-order valence-corrected chi connectivity index (χ0v) is 12.3. The summed E-state index contributed by atoms with van der Waals surface area (Å²) >= 11 is 0. The van der Waals surface area contributed by atoms with Crippen LogP contribution in [0, 0.1) is 6.92 Å². The molecule has 3 heteroatoms. The number of benzene rings is 1. The van der Waals surface area contributed by atoms with Gasteiger partial charge in [0.25, 0.3) is 0 Å². The first kappa shape index (κ1) is 14.4. The minimum absolute atomic E-state index is 0.421. The maximum atomic E-state index is 5.61. The topological polar surface area (TPSA) is 33.3 Å². The standard InChI is InChI=1S/C16H26N2O/c1-4-19-16-8-7-13(10-12(16)2)15(17-3)11-14-6-5-9-18-14/h7-8,10,14-15,17-18H,4-6,9,11H2,1-3H3. The van der Waals surface area contributed by atoms with E-state index < -0.39 is 0 Å². The molecule has 3 nitrogen and oxygen atoms in total. The third kappa shape index (κ3) is 3.71. The van der Waals surface area contributed by atoms with Gasteiger partial charge in [-0.15, -0.1) is 0 Å². The zero-order valence-electron chi connectivity index (χ0n) is 12.3. The molecule has 1 heterocycles. The van der Waals surface area contributed by atoms with Crippen LogP contribution in [0.25, 0.3) is 0 Å². The van der Waals surface area contributed by atoms with Crippen molar-refractivity contribution in [1.29, 1.82) is 0 Å². The van der Waals surface area contributed by atoms with E-state index >= 15 is 0 Å². The summed E-state index contributed by atoms with van der Waals surface area (Å²) in [6.45, 7) is 6.04. The summed E-state index contributed by atoms with van der Waals surface area (Å²) in [6.07, 6.45) is 3.77. The minimum Gasteiger partial charge on any atom is -0.494 e. The highest BCUT2D eigenvalue weighted by Gasteiger charge is 2.20. The van der Waals surface area contributed by atoms with Crippen molar-refractivity contribution < 1.29 is 4.74 Å². The number of hydrogen-bond acceptors (Lipinski definition) is 3. The largest absolute Gasteiger partial charge is 0.494 e. The van der Waals surface area contributed by atoms with Gasteiger partial charge >= 0.3 is 0 Å². The second-order valence-corrected chi connectivity index (χ2v) is 5.33. The van der Waals surface area contributed by atoms with Crippen LogP contribution in [0.1, 0.15) is 43.4 Å². The molecule has 0 bridgehead atoms. The molecular formula is C16H26N2O. The molecule has 1 aromatic carbocycles. The summed E-state index contributed by atoms with van der Waals surface area (Å²) in [5.74, 6) is 1.00. The number of hydrogen-bond donors (Lipinski definition) is 2. The lowest BCUT2D eigenvalue weighted by Gasteiger charge is -2.22. The Labute approximate surface area is 116 Å². The molecule has 2 rings (SSSR count). The Kier molecular flexibility index (Phi) is 5.23. The van der Waals surface area contributed by atoms with Gasteiger partial charge in [0, 0.05) is 12.1 Å². The van der Waals surface area contributed by atoms with Crippen LogP contribution in [0.3, 0.4) is 0 Å². The molecule has 1 fully saturated rings. The van der Waals surface area contributed by atoms with Crippen molar-refractivity contribution in [2.75, 3.05) is 20.2 Å². The number of ether oxygens (including phenoxy) is 1. The summed E-state index contributed by atoms with van der Waals surface area (Å²) in [5.41, 5.74) is 2.58. The smallest absolute Gasteiger partial charge is 0.122 e. The fraction of sp³-hybridized carbons (Fsp3) is 0.625. The van der Waals surface area contributed by atoms with Crippen LogP contribution < -0.4 is 15.4 Å². The van der Waals surface area contributed by atoms with Crippen LogP contribution in [0.4, 0.5) is 0 Å². The lowest BCUT2D eigenvalue weighted by atomic mass is 9.97. The Bertz CT molecular complexity index is 400. The Morgan fingerprint density at radius 3 is 2.89 bits per heavy atom. The van der Waals surface area contributed by atoms with Crippen molar-refractivity contribution in [3.8, 4) is 5.75 Å². The number of rotatable bonds is 6. The summed E-state index contributed by atoms with van der Waals surface area (Å²) in [7, 11) is 2.05. The molecule has 2 N–H and O–H groups in total. The van der Waals surface area contributed by atoms with Gasteiger partial charge in [0.05, 0.1) is 6.61 Å². The molecule has 1 aromatic rings. The van der Waals surface area contributed by atoms with Gasteiger partial charge in [-0.05, 0) is 63.9 Å². The molecule has 0 saturated carbocycles. The van der Waals surface area contributed by atoms with Crippen molar-refractivity contribution >= 4 is 0 Å². The van der Waals surface area contributed by atoms with Gasteiger partial charge in [-0.1, -0.05) is 12.1 Å². The molecule has 0 radical (unpaired) electrons. The predicted octanol–water partition coefficient (Wildman–Crippen LogP) is 2.80. The summed E-state index contributed by atoms with van der Waals surface area (Å²) in [4.78, 5) is 0. The first-order valence-corrected chi connectivity index (χ1v) is 7.38. The Morgan fingerprint density at radius 1 is 1.47 bits per heavy atom. The minimum atomic E-state index is 0.421. The first-order chi connectivity index (χ1) is 9.24. The quantitative estimate of drug-likeness (QED) is 0.827. The molecule has 0 spiro atoms. The van der Waals surface area contributed by atoms with E-state index in [4.69, 9.17) is 4.74 Å². The lowest BCUT2D eigenvalue weighted by Crippen LogP contribution is -2.28. The molecule has 106 valence electrons. The first-order valence-electron chi connectivity index (χ1n) is 7.38. The Morgan fingerprint density at radius 2 is 2.32 bits per heavy atom. The molecule has 1 saturated heterocycles. The van der Waals surface area contributed by atoms with Gasteiger partial charge < -0.3 is 15.4 Å². The zero-order chi connectivity index (χ0) is 13.7. The average molecular weight is 262 g/mol. The van der Waals surface area contributed by atoms with E-state index in [9.17, 15) is 0 Å². The highest BCUT2D eigenvalue weighted by molar-refractivity contribution is 5.37. The van der Waals surface area contributed by atoms with Crippen molar-refractivity contribution in [1.82, 2.24) is 10.6 Å². The average Bonchev–Trinajstić information content (AvgIpc) is 2.91. The highest BCUT2D eigenvalue weighted by atomic mass is 16.5. The monoisotopic (exact) mass is 262 g/mol. The molecule has 0 aromatic heterocycles. The van der Waals surface area contributed by atoms with E-state index in [1.54, 1.807) is 0 Å². The van der Waals surface area contributed by atoms with E-state index in [1.165, 1.54) is 30.5 Å². The van der Waals surface area contributed by atoms with Crippen LogP contribution in [-0.2, 0) is 0 Å². The van der Waals surface area contributed by atoms with E-state index in [-0.39, 0.29) is 0 Å². The number of aryl methyl sites for hydroxylation is 1. The van der Waals surface area contributed by atoms with Crippen molar-refractivity contribution in [3.63, 3.8) is 0 Å². The van der Waals surface area contributed by atoms with Crippen LogP contribution in [0.5, 0.6) is 5.75 Å². The van der Waals surface area contributed by atoms with Crippen LogP contribution in [0.2, 0.25) is 0 Å². The van der Waals surface area contributed by atoms with Crippen LogP contribution >= 0.6 is 0 Å². The third-order valence-electron chi connectivity index (χ3n) is 3.93. The normalized spacial score (nSPS) is 20.5. The van der Waals surface area contributed by atoms with E-state index in [2.05, 4.69) is 35.8 Å². The lowest BCUT2D eigenvalue weighted by molar-refractivity contribution is 0.337. The molecule has 0 aliphatic carbocycles. The Hall–Kier alpha value is -1.06. The molecule has 2 atom stereocenters. The van der Waals surface area contributed by atoms with Crippen LogP contribution in [-0.4, -0.2) is 26.2 Å². The highest BCUT2D eigenvalue weighted by Crippen LogP contribution is 2.26. The van der Waals surface area contributed by atoms with E-state index in [0.717, 1.165) is 18.8 Å². The molecule has 0 amide bonds. The maximum absolute atomic E-state index is 5.61. The van der Waals surface area contributed by atoms with E-state index in [0.29, 0.717) is 12.1 Å². The second-order valence-electron chi connectivity index (χ2n) is 5.33. The van der Waals surface area contributed by atoms with Crippen molar-refractivity contribution in [3.05, 3.63) is 29.3 Å². The second kappa shape index (κ2) is 6.92. The van der Waals surface area contributed by atoms with Gasteiger partial charge in [0.15, 0.2) is 0 Å². The van der Waals surface area contributed by atoms with Gasteiger partial charge in [-0.3, -0.25) is 0 Å². The van der Waals surface area contributed by atoms with E-state index in [1.807, 2.05) is 14.0 Å². The van der Waals surface area contributed by atoms with Gasteiger partial charge in [0.1, 0.15) is 5.75 Å². The third-order valence-corrected chi connectivity index (χ3v) is 3.93. The Balaban J connectivity index is 2.06. The van der Waals surface area contributed by atoms with Crippen molar-refractivity contribution in [2.45, 2.75) is 45.2 Å². The fourth-order valence-electron chi connectivity index (χ4n) is 2.87. The maximum Gasteiger partial charge on any atom is 0.122 e. The summed E-state index contributed by atoms with van der Waals surface area (Å²) in [5, 5.41) is 7.02. The molecule has 1 aliphatic heterocycles. The molecular weight excluding hydrogens is 236 g/mol. The molecule has 19 heavy (non-hydrogen) atoms. The predicted molar refractivity (Wildman–Crippen MR) is 79.8 cm³/mol. The molecule has 2 unspecified atom stereocenters. The number of nitrogens with one attached hydrogen (secondary N) is 2. The SMILES string of the molecule is CCOc1ccc(C(CC2CCCN2)NC)cc1C. The van der Waals surface area contributed by atoms with Gasteiger partial charge in [0.2, 0.25) is 0 Å². The fourth-order valence-corrected chi connectivity index (χ4v) is 2.87. The van der Waals surface area contributed by atoms with Gasteiger partial charge in [-0.2, -0.15) is 0 Å². The van der Waals surface area contributed by atoms with Gasteiger partial charge in [-0.25, -0.2) is 0 Å². The summed E-state index contributed by atoms with van der Waals surface area (Å²) < 4.78 is 5.61. The summed E-state index contributed by atoms with van der Waals surface area (Å²) in [6, 6.07) is 7.62.